The number of carbonyl (C=O) groups is 2. The lowest BCUT2D eigenvalue weighted by molar-refractivity contribution is -0.124. The number of hydrogen-bond acceptors (Lipinski definition) is 2. The largest absolute Gasteiger partial charge is 0.346 e. The molecule has 0 atom stereocenters. The number of hydrogen-bond donors (Lipinski definition) is 1. The average molecular weight is 323 g/mol. The van der Waals surface area contributed by atoms with Crippen LogP contribution in [0, 0.1) is 6.92 Å². The number of nitrogens with one attached hydrogen (secondary N) is 1. The fraction of sp³-hybridized carbons (Fsp3) is 0.263. The Morgan fingerprint density at radius 3 is 2.58 bits per heavy atom. The molecule has 0 radical (unpaired) electrons. The first-order valence-corrected chi connectivity index (χ1v) is 7.84. The highest BCUT2D eigenvalue weighted by molar-refractivity contribution is 6.04. The molecule has 24 heavy (non-hydrogen) atoms. The highest BCUT2D eigenvalue weighted by atomic mass is 16.2. The van der Waals surface area contributed by atoms with E-state index in [9.17, 15) is 9.59 Å². The third kappa shape index (κ3) is 2.97. The van der Waals surface area contributed by atoms with Gasteiger partial charge in [-0.3, -0.25) is 9.59 Å². The van der Waals surface area contributed by atoms with Gasteiger partial charge >= 0.3 is 0 Å². The standard InChI is InChI=1S/C19H21N3O2/c1-12-7-17(22(4)11-12)18(23)20-16-6-5-13-8-15(9-14(13)10-16)19(24)21(2)3/h5-7,9-11H,8H2,1-4H3,(H,20,23). The van der Waals surface area contributed by atoms with Crippen molar-refractivity contribution in [1.82, 2.24) is 9.47 Å². The van der Waals surface area contributed by atoms with Gasteiger partial charge < -0.3 is 14.8 Å². The molecule has 3 rings (SSSR count). The predicted molar refractivity (Wildman–Crippen MR) is 94.9 cm³/mol. The van der Waals surface area contributed by atoms with Gasteiger partial charge in [0.2, 0.25) is 5.91 Å². The Kier molecular flexibility index (Phi) is 4.01. The molecule has 1 aromatic carbocycles. The van der Waals surface area contributed by atoms with Gasteiger partial charge in [-0.2, -0.15) is 0 Å². The summed E-state index contributed by atoms with van der Waals surface area (Å²) in [4.78, 5) is 26.1. The molecule has 0 bridgehead atoms. The van der Waals surface area contributed by atoms with E-state index in [1.165, 1.54) is 0 Å². The summed E-state index contributed by atoms with van der Waals surface area (Å²) in [7, 11) is 5.35. The molecule has 5 nitrogen and oxygen atoms in total. The summed E-state index contributed by atoms with van der Waals surface area (Å²) >= 11 is 0. The molecule has 1 heterocycles. The molecular weight excluding hydrogens is 302 g/mol. The van der Waals surface area contributed by atoms with Crippen molar-refractivity contribution in [2.75, 3.05) is 19.4 Å². The van der Waals surface area contributed by atoms with Crippen LogP contribution in [-0.2, 0) is 18.3 Å². The van der Waals surface area contributed by atoms with Crippen LogP contribution >= 0.6 is 0 Å². The third-order valence-electron chi connectivity index (χ3n) is 4.17. The van der Waals surface area contributed by atoms with Gasteiger partial charge in [-0.25, -0.2) is 0 Å². The van der Waals surface area contributed by atoms with Crippen molar-refractivity contribution in [3.8, 4) is 0 Å². The number of amides is 2. The number of fused-ring (bicyclic) bond motifs is 1. The molecular formula is C19H21N3O2. The van der Waals surface area contributed by atoms with Gasteiger partial charge in [0.05, 0.1) is 0 Å². The second-order valence-corrected chi connectivity index (χ2v) is 6.43. The minimum absolute atomic E-state index is 0.0241. The number of benzene rings is 1. The zero-order valence-corrected chi connectivity index (χ0v) is 14.4. The molecule has 1 aliphatic carbocycles. The number of rotatable bonds is 3. The first kappa shape index (κ1) is 16.1. The van der Waals surface area contributed by atoms with Crippen LogP contribution in [0.5, 0.6) is 0 Å². The molecule has 0 saturated carbocycles. The van der Waals surface area contributed by atoms with Crippen molar-refractivity contribution in [2.45, 2.75) is 13.3 Å². The van der Waals surface area contributed by atoms with Crippen molar-refractivity contribution in [1.29, 1.82) is 0 Å². The van der Waals surface area contributed by atoms with E-state index < -0.39 is 0 Å². The molecule has 0 saturated heterocycles. The van der Waals surface area contributed by atoms with Gasteiger partial charge in [-0.05, 0) is 47.9 Å². The molecule has 0 unspecified atom stereocenters. The quantitative estimate of drug-likeness (QED) is 0.944. The fourth-order valence-electron chi connectivity index (χ4n) is 2.99. The SMILES string of the molecule is Cc1cc(C(=O)Nc2ccc3c(c2)C=C(C(=O)N(C)C)C3)n(C)c1. The highest BCUT2D eigenvalue weighted by Crippen LogP contribution is 2.28. The van der Waals surface area contributed by atoms with E-state index in [4.69, 9.17) is 0 Å². The Bertz CT molecular complexity index is 859. The van der Waals surface area contributed by atoms with E-state index in [2.05, 4.69) is 5.32 Å². The van der Waals surface area contributed by atoms with Gasteiger partial charge in [0.25, 0.3) is 5.91 Å². The Balaban J connectivity index is 1.80. The molecule has 2 aromatic rings. The van der Waals surface area contributed by atoms with Gasteiger partial charge in [0.1, 0.15) is 5.69 Å². The van der Waals surface area contributed by atoms with Crippen molar-refractivity contribution in [3.63, 3.8) is 0 Å². The molecule has 5 heteroatoms. The molecule has 0 spiro atoms. The zero-order chi connectivity index (χ0) is 17.4. The van der Waals surface area contributed by atoms with Crippen LogP contribution in [0.4, 0.5) is 5.69 Å². The molecule has 0 aliphatic heterocycles. The van der Waals surface area contributed by atoms with Crippen LogP contribution < -0.4 is 5.32 Å². The lowest BCUT2D eigenvalue weighted by Gasteiger charge is -2.10. The molecule has 1 aromatic heterocycles. The van der Waals surface area contributed by atoms with E-state index in [0.717, 1.165) is 28.0 Å². The maximum Gasteiger partial charge on any atom is 0.272 e. The van der Waals surface area contributed by atoms with Crippen LogP contribution in [0.2, 0.25) is 0 Å². The maximum atomic E-state index is 12.4. The minimum atomic E-state index is -0.142. The van der Waals surface area contributed by atoms with E-state index >= 15 is 0 Å². The number of anilines is 1. The summed E-state index contributed by atoms with van der Waals surface area (Å²) in [6.07, 6.45) is 4.46. The summed E-state index contributed by atoms with van der Waals surface area (Å²) in [6, 6.07) is 7.62. The Labute approximate surface area is 141 Å². The van der Waals surface area contributed by atoms with Crippen LogP contribution in [0.3, 0.4) is 0 Å². The van der Waals surface area contributed by atoms with Gasteiger partial charge in [0, 0.05) is 45.0 Å². The molecule has 124 valence electrons. The third-order valence-corrected chi connectivity index (χ3v) is 4.17. The van der Waals surface area contributed by atoms with Crippen LogP contribution in [0.1, 0.15) is 27.2 Å². The number of nitrogens with zero attached hydrogens (tertiary/aromatic N) is 2. The normalized spacial score (nSPS) is 12.6. The van der Waals surface area contributed by atoms with Crippen LogP contribution in [-0.4, -0.2) is 35.4 Å². The second-order valence-electron chi connectivity index (χ2n) is 6.43. The Hall–Kier alpha value is -2.82. The average Bonchev–Trinajstić information content (AvgIpc) is 3.08. The first-order valence-electron chi connectivity index (χ1n) is 7.84. The first-order chi connectivity index (χ1) is 11.3. The molecule has 1 N–H and O–H groups in total. The fourth-order valence-corrected chi connectivity index (χ4v) is 2.99. The van der Waals surface area contributed by atoms with E-state index in [1.54, 1.807) is 19.0 Å². The molecule has 1 aliphatic rings. The molecule has 2 amide bonds. The van der Waals surface area contributed by atoms with E-state index in [0.29, 0.717) is 12.1 Å². The second kappa shape index (κ2) is 6.00. The number of likely N-dealkylation sites (N-methyl/N-ethyl adjacent to an activating group) is 1. The van der Waals surface area contributed by atoms with Crippen LogP contribution in [0.15, 0.2) is 36.0 Å². The maximum absolute atomic E-state index is 12.4. The lowest BCUT2D eigenvalue weighted by atomic mass is 10.1. The van der Waals surface area contributed by atoms with Crippen LogP contribution in [0.25, 0.3) is 6.08 Å². The van der Waals surface area contributed by atoms with Gasteiger partial charge in [-0.1, -0.05) is 6.07 Å². The summed E-state index contributed by atoms with van der Waals surface area (Å²) < 4.78 is 1.81. The summed E-state index contributed by atoms with van der Waals surface area (Å²) in [5.41, 5.74) is 5.26. The van der Waals surface area contributed by atoms with Crippen molar-refractivity contribution < 1.29 is 9.59 Å². The summed E-state index contributed by atoms with van der Waals surface area (Å²) in [5.74, 6) is -0.117. The topological polar surface area (TPSA) is 54.3 Å². The number of aryl methyl sites for hydroxylation is 2. The number of aromatic nitrogens is 1. The molecule has 0 fully saturated rings. The summed E-state index contributed by atoms with van der Waals surface area (Å²) in [5, 5.41) is 2.92. The summed E-state index contributed by atoms with van der Waals surface area (Å²) in [6.45, 7) is 1.96. The van der Waals surface area contributed by atoms with Gasteiger partial charge in [-0.15, -0.1) is 0 Å². The Morgan fingerprint density at radius 2 is 1.96 bits per heavy atom. The van der Waals surface area contributed by atoms with Crippen molar-refractivity contribution >= 4 is 23.6 Å². The predicted octanol–water partition coefficient (Wildman–Crippen LogP) is 2.61. The smallest absolute Gasteiger partial charge is 0.272 e. The highest BCUT2D eigenvalue weighted by Gasteiger charge is 2.20. The zero-order valence-electron chi connectivity index (χ0n) is 14.4. The monoisotopic (exact) mass is 323 g/mol. The lowest BCUT2D eigenvalue weighted by Crippen LogP contribution is -2.23. The minimum Gasteiger partial charge on any atom is -0.346 e. The Morgan fingerprint density at radius 1 is 1.21 bits per heavy atom. The van der Waals surface area contributed by atoms with E-state index in [1.807, 2.05) is 55.1 Å². The van der Waals surface area contributed by atoms with Crippen molar-refractivity contribution in [2.24, 2.45) is 7.05 Å². The van der Waals surface area contributed by atoms with Crippen molar-refractivity contribution in [3.05, 3.63) is 58.4 Å². The number of carbonyl (C=O) groups excluding carboxylic acids is 2. The van der Waals surface area contributed by atoms with Gasteiger partial charge in [0.15, 0.2) is 0 Å². The van der Waals surface area contributed by atoms with E-state index in [-0.39, 0.29) is 11.8 Å².